The zero-order valence-corrected chi connectivity index (χ0v) is 14.7. The van der Waals surface area contributed by atoms with Crippen LogP contribution in [-0.2, 0) is 0 Å². The lowest BCUT2D eigenvalue weighted by Crippen LogP contribution is -2.56. The molecule has 0 aliphatic heterocycles. The van der Waals surface area contributed by atoms with Crippen LogP contribution in [0.3, 0.4) is 0 Å². The fourth-order valence-corrected chi connectivity index (χ4v) is 3.63. The number of rotatable bonds is 4. The molecule has 0 radical (unpaired) electrons. The summed E-state index contributed by atoms with van der Waals surface area (Å²) in [4.78, 5) is 16.9. The maximum Gasteiger partial charge on any atom is 0.319 e. The predicted octanol–water partition coefficient (Wildman–Crippen LogP) is 3.46. The summed E-state index contributed by atoms with van der Waals surface area (Å²) in [6, 6.07) is 1.68. The third kappa shape index (κ3) is 4.22. The summed E-state index contributed by atoms with van der Waals surface area (Å²) in [6.07, 6.45) is 5.70. The second-order valence-corrected chi connectivity index (χ2v) is 7.03. The molecule has 1 aromatic heterocycles. The van der Waals surface area contributed by atoms with Gasteiger partial charge < -0.3 is 15.7 Å². The van der Waals surface area contributed by atoms with Crippen LogP contribution in [0.25, 0.3) is 0 Å². The van der Waals surface area contributed by atoms with E-state index in [9.17, 15) is 9.90 Å². The van der Waals surface area contributed by atoms with Crippen molar-refractivity contribution >= 4 is 11.7 Å². The molecule has 2 amide bonds. The van der Waals surface area contributed by atoms with Gasteiger partial charge in [0.25, 0.3) is 0 Å². The molecule has 1 aliphatic carbocycles. The highest BCUT2D eigenvalue weighted by Crippen LogP contribution is 2.32. The molecule has 1 heterocycles. The first-order valence-corrected chi connectivity index (χ1v) is 8.50. The van der Waals surface area contributed by atoms with Crippen LogP contribution in [0.1, 0.15) is 56.0 Å². The Labute approximate surface area is 138 Å². The molecule has 5 heteroatoms. The molecule has 0 spiro atoms. The van der Waals surface area contributed by atoms with Crippen molar-refractivity contribution in [3.63, 3.8) is 0 Å². The Morgan fingerprint density at radius 1 is 1.30 bits per heavy atom. The molecule has 1 saturated carbocycles. The average molecular weight is 319 g/mol. The number of aromatic nitrogens is 1. The molecule has 1 fully saturated rings. The summed E-state index contributed by atoms with van der Waals surface area (Å²) >= 11 is 0. The lowest BCUT2D eigenvalue weighted by molar-refractivity contribution is 0.103. The minimum Gasteiger partial charge on any atom is -0.394 e. The number of carbonyl (C=O) groups is 1. The van der Waals surface area contributed by atoms with Gasteiger partial charge in [-0.25, -0.2) is 4.79 Å². The number of hydrogen-bond acceptors (Lipinski definition) is 3. The highest BCUT2D eigenvalue weighted by molar-refractivity contribution is 5.91. The molecule has 1 aromatic rings. The quantitative estimate of drug-likeness (QED) is 0.795. The van der Waals surface area contributed by atoms with Gasteiger partial charge in [-0.2, -0.15) is 0 Å². The number of carbonyl (C=O) groups excluding carboxylic acids is 1. The fraction of sp³-hybridized carbons (Fsp3) is 0.667. The van der Waals surface area contributed by atoms with Gasteiger partial charge in [0.05, 0.1) is 23.5 Å². The second kappa shape index (κ2) is 7.30. The predicted molar refractivity (Wildman–Crippen MR) is 92.7 cm³/mol. The number of hydrogen-bond donors (Lipinski definition) is 3. The Bertz CT molecular complexity index is 544. The highest BCUT2D eigenvalue weighted by Gasteiger charge is 2.36. The number of nitrogens with one attached hydrogen (secondary N) is 2. The van der Waals surface area contributed by atoms with E-state index in [0.29, 0.717) is 5.92 Å². The van der Waals surface area contributed by atoms with Gasteiger partial charge >= 0.3 is 6.03 Å². The van der Waals surface area contributed by atoms with Crippen LogP contribution in [0.4, 0.5) is 10.5 Å². The van der Waals surface area contributed by atoms with Gasteiger partial charge in [0.15, 0.2) is 0 Å². The van der Waals surface area contributed by atoms with Crippen molar-refractivity contribution in [1.82, 2.24) is 10.3 Å². The summed E-state index contributed by atoms with van der Waals surface area (Å²) < 4.78 is 0. The molecule has 1 atom stereocenters. The Hall–Kier alpha value is -1.62. The van der Waals surface area contributed by atoms with Gasteiger partial charge in [0, 0.05) is 5.69 Å². The molecular formula is C18H29N3O2. The minimum atomic E-state index is -0.579. The first-order valence-electron chi connectivity index (χ1n) is 8.50. The summed E-state index contributed by atoms with van der Waals surface area (Å²) in [5, 5.41) is 15.8. The van der Waals surface area contributed by atoms with Crippen LogP contribution in [-0.4, -0.2) is 28.3 Å². The van der Waals surface area contributed by atoms with E-state index in [1.165, 1.54) is 19.3 Å². The SMILES string of the molecule is Cc1cc(C)c(NC(=O)NC(C)(CO)C2CCCCC2)c(C)n1. The van der Waals surface area contributed by atoms with Gasteiger partial charge in [-0.3, -0.25) is 4.98 Å². The molecule has 5 nitrogen and oxygen atoms in total. The minimum absolute atomic E-state index is 0.0464. The van der Waals surface area contributed by atoms with Gasteiger partial charge in [-0.1, -0.05) is 19.3 Å². The van der Waals surface area contributed by atoms with Crippen LogP contribution in [0.5, 0.6) is 0 Å². The Morgan fingerprint density at radius 2 is 1.96 bits per heavy atom. The zero-order valence-electron chi connectivity index (χ0n) is 14.7. The molecule has 23 heavy (non-hydrogen) atoms. The molecule has 0 aromatic carbocycles. The number of pyridine rings is 1. The van der Waals surface area contributed by atoms with Crippen LogP contribution in [0.15, 0.2) is 6.07 Å². The Morgan fingerprint density at radius 3 is 2.52 bits per heavy atom. The van der Waals surface area contributed by atoms with Crippen molar-refractivity contribution in [2.24, 2.45) is 5.92 Å². The first kappa shape index (κ1) is 17.7. The molecule has 1 aliphatic rings. The van der Waals surface area contributed by atoms with Crippen molar-refractivity contribution in [2.45, 2.75) is 65.3 Å². The summed E-state index contributed by atoms with van der Waals surface area (Å²) in [7, 11) is 0. The third-order valence-electron chi connectivity index (χ3n) is 5.00. The Balaban J connectivity index is 2.08. The van der Waals surface area contributed by atoms with Gasteiger partial charge in [0.1, 0.15) is 0 Å². The van der Waals surface area contributed by atoms with Crippen LogP contribution >= 0.6 is 0 Å². The molecule has 2 rings (SSSR count). The van der Waals surface area contributed by atoms with E-state index in [4.69, 9.17) is 0 Å². The van der Waals surface area contributed by atoms with E-state index in [0.717, 1.165) is 35.5 Å². The van der Waals surface area contributed by atoms with Crippen molar-refractivity contribution in [3.8, 4) is 0 Å². The standard InChI is InChI=1S/C18H29N3O2/c1-12-10-13(2)19-14(3)16(12)20-17(23)21-18(4,11-22)15-8-6-5-7-9-15/h10,15,22H,5-9,11H2,1-4H3,(H2,20,21,23). The van der Waals surface area contributed by atoms with Crippen molar-refractivity contribution in [2.75, 3.05) is 11.9 Å². The van der Waals surface area contributed by atoms with Crippen LogP contribution in [0.2, 0.25) is 0 Å². The summed E-state index contributed by atoms with van der Waals surface area (Å²) in [5.41, 5.74) is 2.91. The van der Waals surface area contributed by atoms with Gasteiger partial charge in [-0.05, 0) is 58.1 Å². The van der Waals surface area contributed by atoms with Crippen molar-refractivity contribution in [3.05, 3.63) is 23.0 Å². The van der Waals surface area contributed by atoms with Crippen LogP contribution in [0, 0.1) is 26.7 Å². The maximum absolute atomic E-state index is 12.5. The van der Waals surface area contributed by atoms with Crippen LogP contribution < -0.4 is 10.6 Å². The van der Waals surface area contributed by atoms with E-state index in [2.05, 4.69) is 15.6 Å². The third-order valence-corrected chi connectivity index (χ3v) is 5.00. The second-order valence-electron chi connectivity index (χ2n) is 7.03. The van der Waals surface area contributed by atoms with E-state index < -0.39 is 5.54 Å². The molecule has 0 bridgehead atoms. The lowest BCUT2D eigenvalue weighted by atomic mass is 9.76. The summed E-state index contributed by atoms with van der Waals surface area (Å²) in [6.45, 7) is 7.69. The monoisotopic (exact) mass is 319 g/mol. The lowest BCUT2D eigenvalue weighted by Gasteiger charge is -2.39. The molecule has 3 N–H and O–H groups in total. The molecule has 1 unspecified atom stereocenters. The molecule has 128 valence electrons. The number of anilines is 1. The zero-order chi connectivity index (χ0) is 17.0. The van der Waals surface area contributed by atoms with E-state index in [-0.39, 0.29) is 12.6 Å². The maximum atomic E-state index is 12.5. The van der Waals surface area contributed by atoms with Crippen molar-refractivity contribution < 1.29 is 9.90 Å². The fourth-order valence-electron chi connectivity index (χ4n) is 3.63. The Kier molecular flexibility index (Phi) is 5.63. The molecule has 0 saturated heterocycles. The first-order chi connectivity index (χ1) is 10.9. The smallest absolute Gasteiger partial charge is 0.319 e. The number of aliphatic hydroxyl groups excluding tert-OH is 1. The number of amides is 2. The van der Waals surface area contributed by atoms with E-state index in [1.807, 2.05) is 33.8 Å². The van der Waals surface area contributed by atoms with Gasteiger partial charge in [0.2, 0.25) is 0 Å². The number of nitrogens with zero attached hydrogens (tertiary/aromatic N) is 1. The normalized spacial score (nSPS) is 18.3. The number of urea groups is 1. The largest absolute Gasteiger partial charge is 0.394 e. The number of aryl methyl sites for hydroxylation is 3. The topological polar surface area (TPSA) is 74.2 Å². The average Bonchev–Trinajstić information content (AvgIpc) is 2.51. The highest BCUT2D eigenvalue weighted by atomic mass is 16.3. The van der Waals surface area contributed by atoms with Gasteiger partial charge in [-0.15, -0.1) is 0 Å². The summed E-state index contributed by atoms with van der Waals surface area (Å²) in [5.74, 6) is 0.324. The number of aliphatic hydroxyl groups is 1. The van der Waals surface area contributed by atoms with E-state index >= 15 is 0 Å². The molecular weight excluding hydrogens is 290 g/mol. The van der Waals surface area contributed by atoms with Crippen molar-refractivity contribution in [1.29, 1.82) is 0 Å². The van der Waals surface area contributed by atoms with E-state index in [1.54, 1.807) is 0 Å².